The van der Waals surface area contributed by atoms with Crippen LogP contribution >= 0.6 is 0 Å². The van der Waals surface area contributed by atoms with E-state index in [1.807, 2.05) is 6.42 Å². The molecule has 1 radical (unpaired) electrons. The Balaban J connectivity index is 1.52. The largest absolute Gasteiger partial charge is 0.376 e. The Bertz CT molecular complexity index is 974. The Morgan fingerprint density at radius 1 is 1.19 bits per heavy atom. The molecule has 167 valence electrons. The fourth-order valence-electron chi connectivity index (χ4n) is 3.59. The highest BCUT2D eigenvalue weighted by molar-refractivity contribution is 7.91. The van der Waals surface area contributed by atoms with Gasteiger partial charge in [-0.2, -0.15) is 0 Å². The second kappa shape index (κ2) is 10.2. The number of carbonyl (C=O) groups excluding carboxylic acids is 2. The summed E-state index contributed by atoms with van der Waals surface area (Å²) in [6.07, 6.45) is 8.01. The average Bonchev–Trinajstić information content (AvgIpc) is 3.27. The molecule has 1 aromatic carbocycles. The number of likely N-dealkylation sites (N-methyl/N-ethyl adjacent to an activating group) is 1. The smallest absolute Gasteiger partial charge is 0.249 e. The molecule has 2 aliphatic rings. The van der Waals surface area contributed by atoms with Gasteiger partial charge in [-0.3, -0.25) is 9.59 Å². The molecule has 0 spiro atoms. The molecule has 0 bridgehead atoms. The molecule has 1 unspecified atom stereocenters. The topological polar surface area (TPSA) is 92.8 Å². The number of nitrogens with one attached hydrogen (secondary N) is 1. The number of allylic oxidation sites excluding steroid dienone is 3. The summed E-state index contributed by atoms with van der Waals surface area (Å²) in [6, 6.07) is 6.37. The van der Waals surface area contributed by atoms with Crippen molar-refractivity contribution in [1.82, 2.24) is 10.2 Å². The van der Waals surface area contributed by atoms with E-state index in [0.717, 1.165) is 25.0 Å². The van der Waals surface area contributed by atoms with Crippen LogP contribution in [0.15, 0.2) is 52.6 Å². The summed E-state index contributed by atoms with van der Waals surface area (Å²) in [7, 11) is -1.47. The fourth-order valence-corrected chi connectivity index (χ4v) is 4.48. The summed E-state index contributed by atoms with van der Waals surface area (Å²) in [5.74, 6) is -0.193. The van der Waals surface area contributed by atoms with E-state index >= 15 is 0 Å². The van der Waals surface area contributed by atoms with Crippen molar-refractivity contribution >= 4 is 21.7 Å². The molecule has 1 heterocycles. The minimum atomic E-state index is -3.25. The Kier molecular flexibility index (Phi) is 7.67. The third-order valence-electron chi connectivity index (χ3n) is 5.44. The monoisotopic (exact) mass is 445 g/mol. The number of carbonyl (C=O) groups is 2. The van der Waals surface area contributed by atoms with Crippen LogP contribution in [0.2, 0.25) is 0 Å². The lowest BCUT2D eigenvalue weighted by atomic mass is 10.0. The number of hydrogen-bond acceptors (Lipinski definition) is 5. The van der Waals surface area contributed by atoms with E-state index in [1.54, 1.807) is 43.2 Å². The van der Waals surface area contributed by atoms with Gasteiger partial charge in [-0.25, -0.2) is 8.42 Å². The number of hydrogen-bond donors (Lipinski definition) is 1. The Morgan fingerprint density at radius 2 is 1.94 bits per heavy atom. The van der Waals surface area contributed by atoms with Crippen LogP contribution in [0.4, 0.5) is 0 Å². The number of ether oxygens (including phenoxy) is 1. The molecule has 1 aliphatic heterocycles. The normalized spacial score (nSPS) is 18.8. The Hall–Kier alpha value is -2.45. The SMILES string of the molecule is CCS(=O)(=O)c1ccc(CC(=O)NC2=CC=C(C(=O)N(C)CC3CCCO3)C[CH]2)cc1. The van der Waals surface area contributed by atoms with E-state index in [-0.39, 0.29) is 35.0 Å². The van der Waals surface area contributed by atoms with Crippen molar-refractivity contribution in [3.8, 4) is 0 Å². The van der Waals surface area contributed by atoms with Gasteiger partial charge in [0.25, 0.3) is 0 Å². The van der Waals surface area contributed by atoms with Gasteiger partial charge >= 0.3 is 0 Å². The number of nitrogens with zero attached hydrogens (tertiary/aromatic N) is 1. The van der Waals surface area contributed by atoms with Gasteiger partial charge < -0.3 is 15.0 Å². The van der Waals surface area contributed by atoms with Gasteiger partial charge in [-0.05, 0) is 43.0 Å². The van der Waals surface area contributed by atoms with Crippen LogP contribution in [0.1, 0.15) is 31.7 Å². The van der Waals surface area contributed by atoms with Crippen LogP contribution in [0, 0.1) is 6.42 Å². The minimum absolute atomic E-state index is 0.0319. The lowest BCUT2D eigenvalue weighted by Gasteiger charge is -2.23. The van der Waals surface area contributed by atoms with E-state index in [2.05, 4.69) is 5.32 Å². The van der Waals surface area contributed by atoms with Gasteiger partial charge in [0.2, 0.25) is 11.8 Å². The molecular formula is C23H29N2O5S. The van der Waals surface area contributed by atoms with Gasteiger partial charge in [-0.15, -0.1) is 0 Å². The molecule has 7 nitrogen and oxygen atoms in total. The maximum absolute atomic E-state index is 12.6. The lowest BCUT2D eigenvalue weighted by molar-refractivity contribution is -0.127. The van der Waals surface area contributed by atoms with Crippen molar-refractivity contribution in [3.63, 3.8) is 0 Å². The van der Waals surface area contributed by atoms with Crippen molar-refractivity contribution in [2.75, 3.05) is 26.0 Å². The van der Waals surface area contributed by atoms with Gasteiger partial charge in [0.1, 0.15) is 0 Å². The molecular weight excluding hydrogens is 416 g/mol. The first-order chi connectivity index (χ1) is 14.8. The van der Waals surface area contributed by atoms with E-state index in [1.165, 1.54) is 12.1 Å². The zero-order valence-corrected chi connectivity index (χ0v) is 18.8. The highest BCUT2D eigenvalue weighted by atomic mass is 32.2. The Labute approximate surface area is 184 Å². The van der Waals surface area contributed by atoms with Gasteiger partial charge in [0.15, 0.2) is 9.84 Å². The molecule has 2 amide bonds. The van der Waals surface area contributed by atoms with Crippen molar-refractivity contribution < 1.29 is 22.7 Å². The number of rotatable bonds is 8. The van der Waals surface area contributed by atoms with Crippen LogP contribution in [-0.2, 0) is 30.6 Å². The minimum Gasteiger partial charge on any atom is -0.376 e. The number of benzene rings is 1. The predicted octanol–water partition coefficient (Wildman–Crippen LogP) is 2.19. The standard InChI is InChI=1S/C23H29N2O5S/c1-3-31(28,29)21-12-6-17(7-13-21)15-22(26)24-19-10-8-18(9-11-19)23(27)25(2)16-20-5-4-14-30-20/h6-8,10-13,20H,3-5,9,14-16H2,1-2H3,(H,24,26). The predicted molar refractivity (Wildman–Crippen MR) is 118 cm³/mol. The molecule has 0 saturated carbocycles. The molecule has 31 heavy (non-hydrogen) atoms. The van der Waals surface area contributed by atoms with Crippen LogP contribution in [0.25, 0.3) is 0 Å². The molecule has 1 aromatic rings. The van der Waals surface area contributed by atoms with E-state index in [9.17, 15) is 18.0 Å². The second-order valence-corrected chi connectivity index (χ2v) is 10.1. The van der Waals surface area contributed by atoms with Crippen molar-refractivity contribution in [1.29, 1.82) is 0 Å². The molecule has 1 aliphatic carbocycles. The second-order valence-electron chi connectivity index (χ2n) is 7.82. The first kappa shape index (κ1) is 23.2. The van der Waals surface area contributed by atoms with Gasteiger partial charge in [0.05, 0.1) is 23.2 Å². The zero-order chi connectivity index (χ0) is 22.4. The van der Waals surface area contributed by atoms with E-state index < -0.39 is 9.84 Å². The van der Waals surface area contributed by atoms with Crippen molar-refractivity contribution in [2.45, 2.75) is 43.6 Å². The highest BCUT2D eigenvalue weighted by Crippen LogP contribution is 2.20. The summed E-state index contributed by atoms with van der Waals surface area (Å²) < 4.78 is 29.3. The van der Waals surface area contributed by atoms with Crippen molar-refractivity contribution in [3.05, 3.63) is 59.7 Å². The maximum Gasteiger partial charge on any atom is 0.249 e. The van der Waals surface area contributed by atoms with Crippen LogP contribution in [0.3, 0.4) is 0 Å². The average molecular weight is 446 g/mol. The highest BCUT2D eigenvalue weighted by Gasteiger charge is 2.23. The van der Waals surface area contributed by atoms with Crippen LogP contribution in [-0.4, -0.2) is 57.2 Å². The fraction of sp³-hybridized carbons (Fsp3) is 0.435. The summed E-state index contributed by atoms with van der Waals surface area (Å²) >= 11 is 0. The van der Waals surface area contributed by atoms with E-state index in [0.29, 0.717) is 24.2 Å². The maximum atomic E-state index is 12.6. The van der Waals surface area contributed by atoms with Gasteiger partial charge in [0, 0.05) is 37.9 Å². The number of sulfone groups is 1. The third-order valence-corrected chi connectivity index (χ3v) is 7.19. The first-order valence-corrected chi connectivity index (χ1v) is 12.2. The lowest BCUT2D eigenvalue weighted by Crippen LogP contribution is -2.35. The molecule has 1 N–H and O–H groups in total. The van der Waals surface area contributed by atoms with Crippen molar-refractivity contribution in [2.24, 2.45) is 0 Å². The van der Waals surface area contributed by atoms with Crippen LogP contribution < -0.4 is 5.32 Å². The molecule has 3 rings (SSSR count). The van der Waals surface area contributed by atoms with E-state index in [4.69, 9.17) is 4.74 Å². The Morgan fingerprint density at radius 3 is 2.52 bits per heavy atom. The summed E-state index contributed by atoms with van der Waals surface area (Å²) in [6.45, 7) is 2.94. The molecule has 1 fully saturated rings. The quantitative estimate of drug-likeness (QED) is 0.662. The summed E-state index contributed by atoms with van der Waals surface area (Å²) in [5, 5.41) is 2.83. The molecule has 1 saturated heterocycles. The van der Waals surface area contributed by atoms with Gasteiger partial charge in [-0.1, -0.05) is 25.1 Å². The molecule has 1 atom stereocenters. The zero-order valence-electron chi connectivity index (χ0n) is 18.0. The molecule has 8 heteroatoms. The summed E-state index contributed by atoms with van der Waals surface area (Å²) in [4.78, 5) is 26.9. The van der Waals surface area contributed by atoms with Crippen LogP contribution in [0.5, 0.6) is 0 Å². The summed E-state index contributed by atoms with van der Waals surface area (Å²) in [5.41, 5.74) is 2.05. The number of amides is 2. The molecule has 0 aromatic heterocycles. The first-order valence-electron chi connectivity index (χ1n) is 10.5. The third kappa shape index (κ3) is 6.27.